The van der Waals surface area contributed by atoms with E-state index in [1.54, 1.807) is 6.92 Å². The maximum atomic E-state index is 13.5. The molecule has 1 aromatic rings. The molecule has 1 atom stereocenters. The van der Waals surface area contributed by atoms with Crippen molar-refractivity contribution in [1.82, 2.24) is 5.32 Å². The van der Waals surface area contributed by atoms with E-state index >= 15 is 0 Å². The average Bonchev–Trinajstić information content (AvgIpc) is 2.30. The molecule has 2 N–H and O–H groups in total. The fourth-order valence-corrected chi connectivity index (χ4v) is 1.54. The Balaban J connectivity index is 2.60. The number of amides is 1. The van der Waals surface area contributed by atoms with Gasteiger partial charge in [0.1, 0.15) is 11.9 Å². The van der Waals surface area contributed by atoms with Gasteiger partial charge in [-0.05, 0) is 31.0 Å². The van der Waals surface area contributed by atoms with Crippen LogP contribution in [0.4, 0.5) is 10.1 Å². The Morgan fingerprint density at radius 3 is 2.67 bits per heavy atom. The lowest BCUT2D eigenvalue weighted by Gasteiger charge is -2.16. The largest absolute Gasteiger partial charge is 0.371 e. The molecule has 0 heterocycles. The molecule has 0 aliphatic heterocycles. The summed E-state index contributed by atoms with van der Waals surface area (Å²) in [6.07, 6.45) is 0. The molecule has 1 aromatic carbocycles. The van der Waals surface area contributed by atoms with E-state index in [2.05, 4.69) is 10.6 Å². The Hall–Kier alpha value is -1.29. The monoisotopic (exact) mass is 272 g/mol. The van der Waals surface area contributed by atoms with E-state index in [1.807, 2.05) is 13.8 Å². The van der Waals surface area contributed by atoms with Crippen LogP contribution in [0.2, 0.25) is 5.02 Å². The maximum Gasteiger partial charge on any atom is 0.242 e. The van der Waals surface area contributed by atoms with Crippen LogP contribution in [-0.4, -0.2) is 18.5 Å². The van der Waals surface area contributed by atoms with Gasteiger partial charge in [0, 0.05) is 11.6 Å². The quantitative estimate of drug-likeness (QED) is 0.865. The summed E-state index contributed by atoms with van der Waals surface area (Å²) in [4.78, 5) is 11.7. The van der Waals surface area contributed by atoms with Crippen LogP contribution in [-0.2, 0) is 4.79 Å². The highest BCUT2D eigenvalue weighted by Crippen LogP contribution is 2.20. The van der Waals surface area contributed by atoms with Crippen LogP contribution in [0, 0.1) is 11.7 Å². The fraction of sp³-hybridized carbons (Fsp3) is 0.462. The van der Waals surface area contributed by atoms with Gasteiger partial charge in [0.05, 0.1) is 5.69 Å². The van der Waals surface area contributed by atoms with E-state index in [1.165, 1.54) is 18.2 Å². The van der Waals surface area contributed by atoms with Gasteiger partial charge in [-0.15, -0.1) is 0 Å². The summed E-state index contributed by atoms with van der Waals surface area (Å²) < 4.78 is 13.5. The molecule has 3 nitrogen and oxygen atoms in total. The Morgan fingerprint density at radius 1 is 1.39 bits per heavy atom. The second-order valence-corrected chi connectivity index (χ2v) is 5.07. The zero-order chi connectivity index (χ0) is 13.7. The van der Waals surface area contributed by atoms with Gasteiger partial charge in [-0.3, -0.25) is 4.79 Å². The first-order valence-corrected chi connectivity index (χ1v) is 6.27. The van der Waals surface area contributed by atoms with E-state index in [9.17, 15) is 9.18 Å². The van der Waals surface area contributed by atoms with Gasteiger partial charge in [0.2, 0.25) is 5.91 Å². The average molecular weight is 273 g/mol. The molecule has 0 aliphatic carbocycles. The Morgan fingerprint density at radius 2 is 2.06 bits per heavy atom. The molecule has 0 bridgehead atoms. The first kappa shape index (κ1) is 14.8. The molecule has 0 saturated carbocycles. The van der Waals surface area contributed by atoms with E-state index in [-0.39, 0.29) is 11.6 Å². The molecule has 0 spiro atoms. The standard InChI is InChI=1S/C13H18ClFN2O/c1-8(2)7-16-13(18)9(3)17-12-6-10(14)4-5-11(12)15/h4-6,8-9,17H,7H2,1-3H3,(H,16,18). The number of rotatable bonds is 5. The highest BCUT2D eigenvalue weighted by atomic mass is 35.5. The fourth-order valence-electron chi connectivity index (χ4n) is 1.36. The summed E-state index contributed by atoms with van der Waals surface area (Å²) >= 11 is 5.78. The van der Waals surface area contributed by atoms with Crippen molar-refractivity contribution in [3.8, 4) is 0 Å². The SMILES string of the molecule is CC(C)CNC(=O)C(C)Nc1cc(Cl)ccc1F. The van der Waals surface area contributed by atoms with Crippen molar-refractivity contribution < 1.29 is 9.18 Å². The summed E-state index contributed by atoms with van der Waals surface area (Å²) in [5.74, 6) is -0.213. The van der Waals surface area contributed by atoms with Crippen LogP contribution >= 0.6 is 11.6 Å². The minimum atomic E-state index is -0.517. The number of hydrogen-bond acceptors (Lipinski definition) is 2. The molecule has 0 saturated heterocycles. The number of nitrogens with one attached hydrogen (secondary N) is 2. The van der Waals surface area contributed by atoms with Crippen molar-refractivity contribution in [3.05, 3.63) is 29.0 Å². The van der Waals surface area contributed by atoms with Crippen molar-refractivity contribution >= 4 is 23.2 Å². The molecule has 0 aliphatic rings. The topological polar surface area (TPSA) is 41.1 Å². The lowest BCUT2D eigenvalue weighted by atomic mass is 10.2. The molecule has 0 fully saturated rings. The number of benzene rings is 1. The second-order valence-electron chi connectivity index (χ2n) is 4.63. The normalized spacial score (nSPS) is 12.3. The van der Waals surface area contributed by atoms with Crippen molar-refractivity contribution in [2.45, 2.75) is 26.8 Å². The lowest BCUT2D eigenvalue weighted by Crippen LogP contribution is -2.39. The number of anilines is 1. The molecule has 100 valence electrons. The van der Waals surface area contributed by atoms with Gasteiger partial charge in [0.15, 0.2) is 0 Å². The van der Waals surface area contributed by atoms with Gasteiger partial charge in [0.25, 0.3) is 0 Å². The predicted molar refractivity (Wildman–Crippen MR) is 72.3 cm³/mol. The predicted octanol–water partition coefficient (Wildman–Crippen LogP) is 3.05. The summed E-state index contributed by atoms with van der Waals surface area (Å²) in [7, 11) is 0. The number of carbonyl (C=O) groups excluding carboxylic acids is 1. The van der Waals surface area contributed by atoms with Gasteiger partial charge < -0.3 is 10.6 Å². The zero-order valence-electron chi connectivity index (χ0n) is 10.8. The first-order chi connectivity index (χ1) is 8.40. The van der Waals surface area contributed by atoms with Gasteiger partial charge >= 0.3 is 0 Å². The van der Waals surface area contributed by atoms with Gasteiger partial charge in [-0.25, -0.2) is 4.39 Å². The van der Waals surface area contributed by atoms with E-state index in [0.29, 0.717) is 17.5 Å². The second kappa shape index (κ2) is 6.59. The first-order valence-electron chi connectivity index (χ1n) is 5.89. The minimum absolute atomic E-state index is 0.164. The molecular formula is C13H18ClFN2O. The molecule has 0 aromatic heterocycles. The molecule has 1 amide bonds. The summed E-state index contributed by atoms with van der Waals surface area (Å²) in [6.45, 7) is 6.29. The number of carbonyl (C=O) groups is 1. The maximum absolute atomic E-state index is 13.5. The summed E-state index contributed by atoms with van der Waals surface area (Å²) in [5, 5.41) is 6.01. The van der Waals surface area contributed by atoms with Crippen LogP contribution in [0.25, 0.3) is 0 Å². The van der Waals surface area contributed by atoms with Crippen molar-refractivity contribution in [2.75, 3.05) is 11.9 Å². The third-order valence-electron chi connectivity index (χ3n) is 2.38. The van der Waals surface area contributed by atoms with Gasteiger partial charge in [-0.1, -0.05) is 25.4 Å². The summed E-state index contributed by atoms with van der Waals surface area (Å²) in [5.41, 5.74) is 0.231. The minimum Gasteiger partial charge on any atom is -0.371 e. The Bertz CT molecular complexity index is 423. The Kier molecular flexibility index (Phi) is 5.41. The van der Waals surface area contributed by atoms with E-state index in [4.69, 9.17) is 11.6 Å². The zero-order valence-corrected chi connectivity index (χ0v) is 11.5. The van der Waals surface area contributed by atoms with E-state index in [0.717, 1.165) is 0 Å². The van der Waals surface area contributed by atoms with Gasteiger partial charge in [-0.2, -0.15) is 0 Å². The van der Waals surface area contributed by atoms with Crippen LogP contribution in [0.1, 0.15) is 20.8 Å². The Labute approximate surface area is 112 Å². The third-order valence-corrected chi connectivity index (χ3v) is 2.61. The van der Waals surface area contributed by atoms with E-state index < -0.39 is 11.9 Å². The number of halogens is 2. The summed E-state index contributed by atoms with van der Waals surface area (Å²) in [6, 6.07) is 3.68. The lowest BCUT2D eigenvalue weighted by molar-refractivity contribution is -0.121. The van der Waals surface area contributed by atoms with Crippen molar-refractivity contribution in [3.63, 3.8) is 0 Å². The molecule has 5 heteroatoms. The van der Waals surface area contributed by atoms with Crippen LogP contribution in [0.15, 0.2) is 18.2 Å². The van der Waals surface area contributed by atoms with Crippen molar-refractivity contribution in [1.29, 1.82) is 0 Å². The molecule has 1 unspecified atom stereocenters. The van der Waals surface area contributed by atoms with Crippen LogP contribution < -0.4 is 10.6 Å². The highest BCUT2D eigenvalue weighted by Gasteiger charge is 2.14. The molecular weight excluding hydrogens is 255 g/mol. The molecule has 0 radical (unpaired) electrons. The molecule has 18 heavy (non-hydrogen) atoms. The highest BCUT2D eigenvalue weighted by molar-refractivity contribution is 6.30. The molecule has 1 rings (SSSR count). The van der Waals surface area contributed by atoms with Crippen LogP contribution in [0.5, 0.6) is 0 Å². The third kappa shape index (κ3) is 4.53. The van der Waals surface area contributed by atoms with Crippen LogP contribution in [0.3, 0.4) is 0 Å². The number of hydrogen-bond donors (Lipinski definition) is 2. The smallest absolute Gasteiger partial charge is 0.242 e. The van der Waals surface area contributed by atoms with Crippen molar-refractivity contribution in [2.24, 2.45) is 5.92 Å².